The molecule has 4 rings (SSSR count). The molecule has 2 aromatic carbocycles. The average molecular weight is 987 g/mol. The highest BCUT2D eigenvalue weighted by Crippen LogP contribution is 2.47. The highest BCUT2D eigenvalue weighted by Gasteiger charge is 2.44. The van der Waals surface area contributed by atoms with Gasteiger partial charge in [0.15, 0.2) is 5.71 Å². The van der Waals surface area contributed by atoms with Crippen LogP contribution in [0.1, 0.15) is 258 Å². The predicted octanol–water partition coefficient (Wildman–Crippen LogP) is 16.4. The van der Waals surface area contributed by atoms with Crippen molar-refractivity contribution in [3.63, 3.8) is 0 Å². The molecule has 0 radical (unpaired) electrons. The van der Waals surface area contributed by atoms with Gasteiger partial charge in [-0.25, -0.2) is 0 Å². The number of nitrogens with zero attached hydrogens (tertiary/aromatic N) is 2. The molecule has 3 heteroatoms. The Morgan fingerprint density at radius 2 is 0.844 bits per heavy atom. The molecule has 2 nitrogen and oxygen atoms in total. The number of para-hydroxylation sites is 2. The molecule has 0 atom stereocenters. The van der Waals surface area contributed by atoms with E-state index in [1.54, 1.807) is 0 Å². The third-order valence-electron chi connectivity index (χ3n) is 14.8. The molecule has 2 heterocycles. The van der Waals surface area contributed by atoms with Crippen LogP contribution in [-0.2, 0) is 10.8 Å². The van der Waals surface area contributed by atoms with E-state index in [0.29, 0.717) is 0 Å². The summed E-state index contributed by atoms with van der Waals surface area (Å²) in [6.07, 6.45) is 56.9. The Balaban J connectivity index is 0.0000109. The SMILES string of the molecule is CCCCCCCCCCCCCCCCCCN1C(=CC=CC=CC2=[N+](CCCCCCCCCCCCCCCCCC)c3ccccc3C2(C)C)C(C)(C)c2ccccc21.[I-]. The van der Waals surface area contributed by atoms with Gasteiger partial charge < -0.3 is 28.9 Å². The first kappa shape index (κ1) is 56.2. The summed E-state index contributed by atoms with van der Waals surface area (Å²) < 4.78 is 2.64. The quantitative estimate of drug-likeness (QED) is 0.0283. The first-order chi connectivity index (χ1) is 30.8. The smallest absolute Gasteiger partial charge is 0.209 e. The summed E-state index contributed by atoms with van der Waals surface area (Å²) >= 11 is 0. The van der Waals surface area contributed by atoms with Gasteiger partial charge >= 0.3 is 0 Å². The third-order valence-corrected chi connectivity index (χ3v) is 14.8. The maximum atomic E-state index is 2.64. The Bertz CT molecular complexity index is 1640. The van der Waals surface area contributed by atoms with Gasteiger partial charge in [-0.2, -0.15) is 4.58 Å². The number of fused-ring (bicyclic) bond motifs is 2. The van der Waals surface area contributed by atoms with E-state index in [0.717, 1.165) is 13.1 Å². The van der Waals surface area contributed by atoms with Crippen LogP contribution in [0.25, 0.3) is 0 Å². The average Bonchev–Trinajstić information content (AvgIpc) is 3.63. The van der Waals surface area contributed by atoms with Crippen LogP contribution in [0, 0.1) is 0 Å². The van der Waals surface area contributed by atoms with Gasteiger partial charge in [0, 0.05) is 47.5 Å². The number of halogens is 1. The second kappa shape index (κ2) is 33.4. The normalized spacial score (nSPS) is 15.8. The largest absolute Gasteiger partial charge is 1.00 e. The van der Waals surface area contributed by atoms with Crippen molar-refractivity contribution >= 4 is 17.1 Å². The van der Waals surface area contributed by atoms with E-state index in [-0.39, 0.29) is 34.8 Å². The minimum Gasteiger partial charge on any atom is -1.00 e. The lowest BCUT2D eigenvalue weighted by molar-refractivity contribution is -0.438. The number of unbranched alkanes of at least 4 members (excludes halogenated alkanes) is 30. The number of benzene rings is 2. The van der Waals surface area contributed by atoms with Gasteiger partial charge in [0.05, 0.1) is 5.41 Å². The topological polar surface area (TPSA) is 6.25 Å². The maximum Gasteiger partial charge on any atom is 0.209 e. The molecule has 0 spiro atoms. The second-order valence-electron chi connectivity index (χ2n) is 20.9. The molecule has 0 amide bonds. The molecular formula is C61H99IN2. The van der Waals surface area contributed by atoms with Crippen molar-refractivity contribution in [1.29, 1.82) is 0 Å². The molecule has 0 bridgehead atoms. The molecule has 0 saturated heterocycles. The van der Waals surface area contributed by atoms with Gasteiger partial charge in [0.1, 0.15) is 6.54 Å². The van der Waals surface area contributed by atoms with E-state index in [9.17, 15) is 0 Å². The Kier molecular flexibility index (Phi) is 29.3. The first-order valence-corrected chi connectivity index (χ1v) is 27.5. The predicted molar refractivity (Wildman–Crippen MR) is 282 cm³/mol. The minimum absolute atomic E-state index is 0. The summed E-state index contributed by atoms with van der Waals surface area (Å²) in [7, 11) is 0. The fourth-order valence-electron chi connectivity index (χ4n) is 10.8. The van der Waals surface area contributed by atoms with Gasteiger partial charge in [-0.05, 0) is 44.4 Å². The van der Waals surface area contributed by atoms with Crippen LogP contribution in [0.4, 0.5) is 11.4 Å². The summed E-state index contributed by atoms with van der Waals surface area (Å²) in [4.78, 5) is 2.64. The van der Waals surface area contributed by atoms with Crippen LogP contribution in [0.2, 0.25) is 0 Å². The van der Waals surface area contributed by atoms with Crippen LogP contribution >= 0.6 is 0 Å². The molecule has 2 aromatic rings. The first-order valence-electron chi connectivity index (χ1n) is 27.5. The zero-order valence-corrected chi connectivity index (χ0v) is 45.0. The zero-order valence-electron chi connectivity index (χ0n) is 42.8. The van der Waals surface area contributed by atoms with E-state index in [4.69, 9.17) is 0 Å². The molecular weight excluding hydrogens is 888 g/mol. The Morgan fingerprint density at radius 3 is 1.33 bits per heavy atom. The lowest BCUT2D eigenvalue weighted by Crippen LogP contribution is -3.00. The summed E-state index contributed by atoms with van der Waals surface area (Å²) in [6.45, 7) is 16.5. The molecule has 2 aliphatic heterocycles. The summed E-state index contributed by atoms with van der Waals surface area (Å²) in [6, 6.07) is 18.3. The molecule has 0 saturated carbocycles. The number of anilines is 1. The molecule has 360 valence electrons. The highest BCUT2D eigenvalue weighted by molar-refractivity contribution is 6.03. The standard InChI is InChI=1S/C61H99N2.HI/c1-7-9-11-13-15-17-19-21-23-25-27-29-31-33-35-44-52-62-56-48-42-40-46-54(56)60(3,4)58(62)50-38-37-39-51-59-61(5,6)55-47-41-43-49-57(55)63(59)53-45-36-34-32-30-28-26-24-22-20-18-16-14-12-10-8-2;/h37-43,46-51H,7-36,44-45,52-53H2,1-6H3;1H/q+1;/p-1. The Hall–Kier alpha value is -2.14. The monoisotopic (exact) mass is 987 g/mol. The molecule has 64 heavy (non-hydrogen) atoms. The fraction of sp³-hybridized carbons (Fsp3) is 0.689. The molecule has 0 aliphatic carbocycles. The van der Waals surface area contributed by atoms with Crippen molar-refractivity contribution < 1.29 is 28.6 Å². The van der Waals surface area contributed by atoms with Crippen molar-refractivity contribution in [2.75, 3.05) is 18.0 Å². The van der Waals surface area contributed by atoms with E-state index >= 15 is 0 Å². The van der Waals surface area contributed by atoms with E-state index in [1.165, 1.54) is 239 Å². The van der Waals surface area contributed by atoms with E-state index < -0.39 is 0 Å². The van der Waals surface area contributed by atoms with Gasteiger partial charge in [-0.3, -0.25) is 0 Å². The summed E-state index contributed by atoms with van der Waals surface area (Å²) in [5.41, 5.74) is 8.58. The highest BCUT2D eigenvalue weighted by atomic mass is 127. The summed E-state index contributed by atoms with van der Waals surface area (Å²) in [5.74, 6) is 0. The molecule has 0 unspecified atom stereocenters. The Labute approximate surface area is 414 Å². The molecule has 2 aliphatic rings. The van der Waals surface area contributed by atoms with Gasteiger partial charge in [-0.15, -0.1) is 0 Å². The summed E-state index contributed by atoms with van der Waals surface area (Å²) in [5, 5.41) is 0. The number of hydrogen-bond donors (Lipinski definition) is 0. The van der Waals surface area contributed by atoms with Gasteiger partial charge in [-0.1, -0.05) is 269 Å². The van der Waals surface area contributed by atoms with Crippen molar-refractivity contribution in [3.05, 3.63) is 95.7 Å². The van der Waals surface area contributed by atoms with Crippen molar-refractivity contribution in [1.82, 2.24) is 0 Å². The van der Waals surface area contributed by atoms with Crippen molar-refractivity contribution in [2.45, 2.75) is 258 Å². The lowest BCUT2D eigenvalue weighted by Gasteiger charge is -2.27. The molecule has 0 fully saturated rings. The molecule has 0 N–H and O–H groups in total. The van der Waals surface area contributed by atoms with Crippen LogP contribution in [0.3, 0.4) is 0 Å². The number of hydrogen-bond acceptors (Lipinski definition) is 1. The van der Waals surface area contributed by atoms with Crippen molar-refractivity contribution in [2.24, 2.45) is 0 Å². The zero-order chi connectivity index (χ0) is 44.9. The lowest BCUT2D eigenvalue weighted by atomic mass is 9.81. The number of allylic oxidation sites excluding steroid dienone is 6. The van der Waals surface area contributed by atoms with Crippen molar-refractivity contribution in [3.8, 4) is 0 Å². The van der Waals surface area contributed by atoms with E-state index in [1.807, 2.05) is 0 Å². The Morgan fingerprint density at radius 1 is 0.438 bits per heavy atom. The van der Waals surface area contributed by atoms with Gasteiger partial charge in [0.25, 0.3) is 0 Å². The fourth-order valence-corrected chi connectivity index (χ4v) is 10.8. The van der Waals surface area contributed by atoms with E-state index in [2.05, 4.69) is 130 Å². The van der Waals surface area contributed by atoms with Crippen LogP contribution < -0.4 is 28.9 Å². The van der Waals surface area contributed by atoms with Crippen LogP contribution in [0.15, 0.2) is 84.6 Å². The minimum atomic E-state index is -0.00666. The third kappa shape index (κ3) is 19.2. The second-order valence-corrected chi connectivity index (χ2v) is 20.9. The van der Waals surface area contributed by atoms with Crippen LogP contribution in [0.5, 0.6) is 0 Å². The van der Waals surface area contributed by atoms with Crippen LogP contribution in [-0.4, -0.2) is 23.4 Å². The maximum absolute atomic E-state index is 2.64. The number of rotatable bonds is 37. The van der Waals surface area contributed by atoms with Gasteiger partial charge in [0.2, 0.25) is 5.69 Å². The molecule has 0 aromatic heterocycles.